The van der Waals surface area contributed by atoms with Gasteiger partial charge in [0.2, 0.25) is 0 Å². The van der Waals surface area contributed by atoms with Crippen molar-refractivity contribution in [3.8, 4) is 5.75 Å². The molecular formula is C16H19FN2O. The molecule has 1 unspecified atom stereocenters. The number of halogens is 1. The molecule has 1 atom stereocenters. The van der Waals surface area contributed by atoms with Crippen LogP contribution in [0, 0.1) is 5.82 Å². The molecule has 0 aliphatic carbocycles. The minimum Gasteiger partial charge on any atom is -0.496 e. The maximum atomic E-state index is 13.0. The summed E-state index contributed by atoms with van der Waals surface area (Å²) in [6.07, 6.45) is 0. The molecule has 2 rings (SSSR count). The van der Waals surface area contributed by atoms with Crippen molar-refractivity contribution in [2.24, 2.45) is 5.73 Å². The van der Waals surface area contributed by atoms with Gasteiger partial charge in [-0.25, -0.2) is 4.39 Å². The van der Waals surface area contributed by atoms with Gasteiger partial charge in [0, 0.05) is 24.8 Å². The van der Waals surface area contributed by atoms with Crippen LogP contribution in [-0.4, -0.2) is 20.7 Å². The van der Waals surface area contributed by atoms with E-state index in [1.165, 1.54) is 12.1 Å². The molecule has 4 heteroatoms. The van der Waals surface area contributed by atoms with E-state index in [0.29, 0.717) is 6.54 Å². The molecule has 0 saturated heterocycles. The first-order valence-electron chi connectivity index (χ1n) is 6.48. The van der Waals surface area contributed by atoms with Crippen LogP contribution in [0.1, 0.15) is 11.6 Å². The minimum absolute atomic E-state index is 0.0309. The summed E-state index contributed by atoms with van der Waals surface area (Å²) in [5.41, 5.74) is 7.85. The van der Waals surface area contributed by atoms with E-state index in [9.17, 15) is 4.39 Å². The van der Waals surface area contributed by atoms with Gasteiger partial charge in [-0.1, -0.05) is 18.2 Å². The molecule has 0 heterocycles. The summed E-state index contributed by atoms with van der Waals surface area (Å²) in [6.45, 7) is 0.439. The highest BCUT2D eigenvalue weighted by Crippen LogP contribution is 2.30. The number of benzene rings is 2. The molecule has 0 amide bonds. The SMILES string of the molecule is COc1ccccc1C(CN)N(C)c1ccc(F)cc1. The van der Waals surface area contributed by atoms with Crippen molar-refractivity contribution >= 4 is 5.69 Å². The number of hydrogen-bond donors (Lipinski definition) is 1. The van der Waals surface area contributed by atoms with Crippen LogP contribution in [0.3, 0.4) is 0 Å². The maximum absolute atomic E-state index is 13.0. The summed E-state index contributed by atoms with van der Waals surface area (Å²) in [5, 5.41) is 0. The number of nitrogens with zero attached hydrogens (tertiary/aromatic N) is 1. The first-order valence-corrected chi connectivity index (χ1v) is 6.48. The lowest BCUT2D eigenvalue weighted by atomic mass is 10.0. The molecule has 0 fully saturated rings. The van der Waals surface area contributed by atoms with E-state index >= 15 is 0 Å². The molecule has 0 saturated carbocycles. The molecule has 20 heavy (non-hydrogen) atoms. The third kappa shape index (κ3) is 2.91. The van der Waals surface area contributed by atoms with Gasteiger partial charge in [-0.3, -0.25) is 0 Å². The zero-order chi connectivity index (χ0) is 14.5. The molecule has 0 bridgehead atoms. The molecular weight excluding hydrogens is 255 g/mol. The Morgan fingerprint density at radius 1 is 1.15 bits per heavy atom. The van der Waals surface area contributed by atoms with Crippen LogP contribution in [0.5, 0.6) is 5.75 Å². The number of methoxy groups -OCH3 is 1. The van der Waals surface area contributed by atoms with Gasteiger partial charge in [0.1, 0.15) is 11.6 Å². The van der Waals surface area contributed by atoms with E-state index in [1.54, 1.807) is 19.2 Å². The monoisotopic (exact) mass is 274 g/mol. The zero-order valence-corrected chi connectivity index (χ0v) is 11.7. The van der Waals surface area contributed by atoms with Crippen LogP contribution < -0.4 is 15.4 Å². The number of likely N-dealkylation sites (N-methyl/N-ethyl adjacent to an activating group) is 1. The zero-order valence-electron chi connectivity index (χ0n) is 11.7. The number of hydrogen-bond acceptors (Lipinski definition) is 3. The van der Waals surface area contributed by atoms with Gasteiger partial charge in [0.05, 0.1) is 13.2 Å². The summed E-state index contributed by atoms with van der Waals surface area (Å²) < 4.78 is 18.4. The van der Waals surface area contributed by atoms with Gasteiger partial charge in [0.25, 0.3) is 0 Å². The second kappa shape index (κ2) is 6.39. The molecule has 0 spiro atoms. The van der Waals surface area contributed by atoms with Gasteiger partial charge in [-0.2, -0.15) is 0 Å². The van der Waals surface area contributed by atoms with Crippen molar-refractivity contribution in [3.05, 3.63) is 59.9 Å². The van der Waals surface area contributed by atoms with E-state index in [1.807, 2.05) is 36.2 Å². The van der Waals surface area contributed by atoms with Gasteiger partial charge in [-0.05, 0) is 30.3 Å². The van der Waals surface area contributed by atoms with Crippen LogP contribution in [0.25, 0.3) is 0 Å². The number of para-hydroxylation sites is 1. The highest BCUT2D eigenvalue weighted by molar-refractivity contribution is 5.50. The summed E-state index contributed by atoms with van der Waals surface area (Å²) in [5.74, 6) is 0.556. The second-order valence-electron chi connectivity index (χ2n) is 4.58. The Hall–Kier alpha value is -2.07. The Morgan fingerprint density at radius 3 is 2.40 bits per heavy atom. The molecule has 0 aliphatic heterocycles. The minimum atomic E-state index is -0.247. The van der Waals surface area contributed by atoms with E-state index in [2.05, 4.69) is 0 Å². The fourth-order valence-electron chi connectivity index (χ4n) is 2.29. The largest absolute Gasteiger partial charge is 0.496 e. The third-order valence-electron chi connectivity index (χ3n) is 3.42. The highest BCUT2D eigenvalue weighted by atomic mass is 19.1. The summed E-state index contributed by atoms with van der Waals surface area (Å²) in [7, 11) is 3.58. The molecule has 106 valence electrons. The maximum Gasteiger partial charge on any atom is 0.124 e. The van der Waals surface area contributed by atoms with E-state index in [0.717, 1.165) is 17.0 Å². The number of rotatable bonds is 5. The van der Waals surface area contributed by atoms with E-state index in [4.69, 9.17) is 10.5 Å². The molecule has 2 aromatic carbocycles. The second-order valence-corrected chi connectivity index (χ2v) is 4.58. The lowest BCUT2D eigenvalue weighted by Gasteiger charge is -2.30. The lowest BCUT2D eigenvalue weighted by molar-refractivity contribution is 0.405. The van der Waals surface area contributed by atoms with Crippen LogP contribution >= 0.6 is 0 Å². The normalized spacial score (nSPS) is 12.0. The first-order chi connectivity index (χ1) is 9.67. The van der Waals surface area contributed by atoms with Crippen LogP contribution in [-0.2, 0) is 0 Å². The quantitative estimate of drug-likeness (QED) is 0.911. The van der Waals surface area contributed by atoms with Crippen molar-refractivity contribution in [1.29, 1.82) is 0 Å². The predicted molar refractivity (Wildman–Crippen MR) is 79.6 cm³/mol. The van der Waals surface area contributed by atoms with Crippen LogP contribution in [0.2, 0.25) is 0 Å². The first kappa shape index (κ1) is 14.3. The summed E-state index contributed by atoms with van der Waals surface area (Å²) in [6, 6.07) is 14.1. The topological polar surface area (TPSA) is 38.5 Å². The molecule has 0 radical (unpaired) electrons. The Bertz CT molecular complexity index is 557. The van der Waals surface area contributed by atoms with Gasteiger partial charge >= 0.3 is 0 Å². The molecule has 3 nitrogen and oxygen atoms in total. The third-order valence-corrected chi connectivity index (χ3v) is 3.42. The number of nitrogens with two attached hydrogens (primary N) is 1. The van der Waals surface area contributed by atoms with E-state index < -0.39 is 0 Å². The Morgan fingerprint density at radius 2 is 1.80 bits per heavy atom. The lowest BCUT2D eigenvalue weighted by Crippen LogP contribution is -2.30. The average Bonchev–Trinajstić information content (AvgIpc) is 2.49. The van der Waals surface area contributed by atoms with Crippen molar-refractivity contribution in [3.63, 3.8) is 0 Å². The smallest absolute Gasteiger partial charge is 0.124 e. The predicted octanol–water partition coefficient (Wildman–Crippen LogP) is 2.97. The summed E-state index contributed by atoms with van der Waals surface area (Å²) >= 11 is 0. The standard InChI is InChI=1S/C16H19FN2O/c1-19(13-9-7-12(17)8-10-13)15(11-18)14-5-3-4-6-16(14)20-2/h3-10,15H,11,18H2,1-2H3. The molecule has 2 aromatic rings. The number of ether oxygens (including phenoxy) is 1. The fourth-order valence-corrected chi connectivity index (χ4v) is 2.29. The Balaban J connectivity index is 2.34. The fraction of sp³-hybridized carbons (Fsp3) is 0.250. The molecule has 0 aliphatic rings. The van der Waals surface area contributed by atoms with E-state index in [-0.39, 0.29) is 11.9 Å². The molecule has 2 N–H and O–H groups in total. The van der Waals surface area contributed by atoms with Gasteiger partial charge in [-0.15, -0.1) is 0 Å². The summed E-state index contributed by atoms with van der Waals surface area (Å²) in [4.78, 5) is 2.03. The highest BCUT2D eigenvalue weighted by Gasteiger charge is 2.19. The van der Waals surface area contributed by atoms with Crippen molar-refractivity contribution in [2.45, 2.75) is 6.04 Å². The van der Waals surface area contributed by atoms with Gasteiger partial charge < -0.3 is 15.4 Å². The average molecular weight is 274 g/mol. The van der Waals surface area contributed by atoms with Crippen LogP contribution in [0.4, 0.5) is 10.1 Å². The Labute approximate surface area is 118 Å². The van der Waals surface area contributed by atoms with Crippen molar-refractivity contribution in [1.82, 2.24) is 0 Å². The Kier molecular flexibility index (Phi) is 4.58. The van der Waals surface area contributed by atoms with Crippen molar-refractivity contribution in [2.75, 3.05) is 25.6 Å². The molecule has 0 aromatic heterocycles. The van der Waals surface area contributed by atoms with Crippen molar-refractivity contribution < 1.29 is 9.13 Å². The van der Waals surface area contributed by atoms with Crippen LogP contribution in [0.15, 0.2) is 48.5 Å². The van der Waals surface area contributed by atoms with Gasteiger partial charge in [0.15, 0.2) is 0 Å². The number of anilines is 1.